The van der Waals surface area contributed by atoms with Crippen molar-refractivity contribution in [3.8, 4) is 5.75 Å². The molecule has 4 aromatic rings. The minimum atomic E-state index is -2.74. The van der Waals surface area contributed by atoms with E-state index in [0.717, 1.165) is 37.5 Å². The SMILES string of the molecule is CCc1cc(Nc2ncc(Br)c(Nc3ccc4nccnc4c3P(C)(C)=O)n2)c(OC)cc1N1CCC(N2CCCN(C)CC2)CC1. The van der Waals surface area contributed by atoms with Crippen LogP contribution in [0.3, 0.4) is 0 Å². The Morgan fingerprint density at radius 1 is 0.979 bits per heavy atom. The van der Waals surface area contributed by atoms with Crippen LogP contribution in [0.5, 0.6) is 5.75 Å². The lowest BCUT2D eigenvalue weighted by atomic mass is 10.00. The lowest BCUT2D eigenvalue weighted by molar-refractivity contribution is 0.174. The number of methoxy groups -OCH3 is 1. The van der Waals surface area contributed by atoms with Gasteiger partial charge in [-0.3, -0.25) is 14.9 Å². The second kappa shape index (κ2) is 14.4. The number of hydrogen-bond acceptors (Lipinski definition) is 11. The number of aromatic nitrogens is 4. The highest BCUT2D eigenvalue weighted by atomic mass is 79.9. The van der Waals surface area contributed by atoms with E-state index in [1.54, 1.807) is 39.0 Å². The van der Waals surface area contributed by atoms with Crippen molar-refractivity contribution in [1.29, 1.82) is 0 Å². The number of piperidine rings is 1. The van der Waals surface area contributed by atoms with Gasteiger partial charge in [0.25, 0.3) is 0 Å². The van der Waals surface area contributed by atoms with Crippen molar-refractivity contribution in [2.45, 2.75) is 38.6 Å². The largest absolute Gasteiger partial charge is 0.494 e. The quantitative estimate of drug-likeness (QED) is 0.196. The molecule has 2 aliphatic heterocycles. The number of aryl methyl sites for hydroxylation is 1. The predicted octanol–water partition coefficient (Wildman–Crippen LogP) is 6.09. The molecule has 0 spiro atoms. The van der Waals surface area contributed by atoms with Gasteiger partial charge in [0.15, 0.2) is 0 Å². The van der Waals surface area contributed by atoms with Gasteiger partial charge in [-0.2, -0.15) is 4.98 Å². The average molecular weight is 723 g/mol. The predicted molar refractivity (Wildman–Crippen MR) is 196 cm³/mol. The fraction of sp³-hybridized carbons (Fsp3) is 0.471. The summed E-state index contributed by atoms with van der Waals surface area (Å²) < 4.78 is 20.0. The lowest BCUT2D eigenvalue weighted by Crippen LogP contribution is -2.46. The van der Waals surface area contributed by atoms with Gasteiger partial charge in [-0.25, -0.2) is 4.98 Å². The zero-order valence-corrected chi connectivity index (χ0v) is 30.4. The van der Waals surface area contributed by atoms with Crippen molar-refractivity contribution >= 4 is 68.2 Å². The number of nitrogens with one attached hydrogen (secondary N) is 2. The molecule has 11 nitrogen and oxygen atoms in total. The molecule has 2 aromatic heterocycles. The molecule has 2 aliphatic rings. The molecule has 4 heterocycles. The van der Waals surface area contributed by atoms with E-state index in [2.05, 4.69) is 82.3 Å². The van der Waals surface area contributed by atoms with E-state index in [1.807, 2.05) is 12.1 Å². The molecule has 0 bridgehead atoms. The summed E-state index contributed by atoms with van der Waals surface area (Å²) in [7, 11) is 1.20. The minimum absolute atomic E-state index is 0.408. The molecule has 0 radical (unpaired) electrons. The van der Waals surface area contributed by atoms with E-state index in [1.165, 1.54) is 50.1 Å². The number of anilines is 5. The van der Waals surface area contributed by atoms with Crippen LogP contribution in [0.25, 0.3) is 11.0 Å². The van der Waals surface area contributed by atoms with E-state index < -0.39 is 7.14 Å². The molecule has 47 heavy (non-hydrogen) atoms. The zero-order chi connectivity index (χ0) is 33.1. The van der Waals surface area contributed by atoms with Crippen LogP contribution in [0.4, 0.5) is 28.8 Å². The van der Waals surface area contributed by atoms with E-state index >= 15 is 0 Å². The van der Waals surface area contributed by atoms with Crippen LogP contribution < -0.4 is 25.6 Å². The fourth-order valence-electron chi connectivity index (χ4n) is 6.79. The standard InChI is InChI=1S/C34H45BrN9O2P/c1-6-23-20-28(30(46-3)21-29(23)44-16-10-24(11-17-44)43-15-7-14-42(2)18-19-43)40-34-38-22-25(35)33(41-34)39-27-9-8-26-31(37-13-12-36-26)32(27)47(4,5)45/h8-9,12-13,20-22,24H,6-7,10-11,14-19H2,1-5H3,(H2,38,39,40,41). The third kappa shape index (κ3) is 7.56. The topological polar surface area (TPSA) is 112 Å². The Morgan fingerprint density at radius 2 is 1.77 bits per heavy atom. The Balaban J connectivity index is 1.22. The van der Waals surface area contributed by atoms with Gasteiger partial charge in [-0.1, -0.05) is 6.92 Å². The monoisotopic (exact) mass is 721 g/mol. The molecule has 0 atom stereocenters. The summed E-state index contributed by atoms with van der Waals surface area (Å²) in [5.41, 5.74) is 5.27. The number of nitrogens with zero attached hydrogens (tertiary/aromatic N) is 7. The van der Waals surface area contributed by atoms with Crippen molar-refractivity contribution < 1.29 is 9.30 Å². The molecular formula is C34H45BrN9O2P. The number of rotatable bonds is 9. The number of fused-ring (bicyclic) bond motifs is 1. The van der Waals surface area contributed by atoms with Crippen molar-refractivity contribution in [3.63, 3.8) is 0 Å². The number of ether oxygens (including phenoxy) is 1. The molecule has 0 aliphatic carbocycles. The van der Waals surface area contributed by atoms with Gasteiger partial charge >= 0.3 is 0 Å². The first kappa shape index (κ1) is 33.6. The summed E-state index contributed by atoms with van der Waals surface area (Å²) >= 11 is 3.59. The molecule has 13 heteroatoms. The van der Waals surface area contributed by atoms with Gasteiger partial charge in [-0.05, 0) is 98.8 Å². The molecule has 250 valence electrons. The third-order valence-electron chi connectivity index (χ3n) is 9.25. The van der Waals surface area contributed by atoms with Gasteiger partial charge in [0, 0.05) is 62.6 Å². The van der Waals surface area contributed by atoms with Crippen molar-refractivity contribution in [2.75, 3.05) is 82.3 Å². The highest BCUT2D eigenvalue weighted by molar-refractivity contribution is 9.10. The molecule has 0 saturated carbocycles. The Kier molecular flexibility index (Phi) is 10.3. The number of likely N-dealkylation sites (N-methyl/N-ethyl adjacent to an activating group) is 1. The van der Waals surface area contributed by atoms with Crippen LogP contribution in [0.2, 0.25) is 0 Å². The molecule has 6 rings (SSSR count). The number of hydrogen-bond donors (Lipinski definition) is 2. The van der Waals surface area contributed by atoms with E-state index in [9.17, 15) is 4.57 Å². The zero-order valence-electron chi connectivity index (χ0n) is 28.0. The van der Waals surface area contributed by atoms with Crippen LogP contribution >= 0.6 is 23.1 Å². The average Bonchev–Trinajstić information content (AvgIpc) is 3.29. The summed E-state index contributed by atoms with van der Waals surface area (Å²) in [6.07, 6.45) is 9.45. The van der Waals surface area contributed by atoms with Gasteiger partial charge in [0.05, 0.1) is 33.8 Å². The summed E-state index contributed by atoms with van der Waals surface area (Å²) in [5, 5.41) is 7.42. The van der Waals surface area contributed by atoms with Gasteiger partial charge in [-0.15, -0.1) is 0 Å². The van der Waals surface area contributed by atoms with E-state index in [-0.39, 0.29) is 0 Å². The van der Waals surface area contributed by atoms with Crippen LogP contribution in [0, 0.1) is 0 Å². The van der Waals surface area contributed by atoms with Crippen LogP contribution in [0.15, 0.2) is 47.3 Å². The highest BCUT2D eigenvalue weighted by Gasteiger charge is 2.28. The van der Waals surface area contributed by atoms with E-state index in [0.29, 0.717) is 44.3 Å². The summed E-state index contributed by atoms with van der Waals surface area (Å²) in [6.45, 7) is 12.5. The third-order valence-corrected chi connectivity index (χ3v) is 11.4. The highest BCUT2D eigenvalue weighted by Crippen LogP contribution is 2.42. The van der Waals surface area contributed by atoms with Crippen LogP contribution in [-0.2, 0) is 11.0 Å². The first-order chi connectivity index (χ1) is 22.6. The van der Waals surface area contributed by atoms with Crippen LogP contribution in [-0.4, -0.2) is 103 Å². The summed E-state index contributed by atoms with van der Waals surface area (Å²) in [5.74, 6) is 1.68. The van der Waals surface area contributed by atoms with Crippen molar-refractivity contribution in [1.82, 2.24) is 29.7 Å². The Labute approximate surface area is 286 Å². The van der Waals surface area contributed by atoms with Gasteiger partial charge < -0.3 is 29.7 Å². The van der Waals surface area contributed by atoms with Gasteiger partial charge in [0.1, 0.15) is 24.2 Å². The molecule has 2 fully saturated rings. The van der Waals surface area contributed by atoms with Crippen LogP contribution in [0.1, 0.15) is 31.7 Å². The van der Waals surface area contributed by atoms with E-state index in [4.69, 9.17) is 9.72 Å². The second-order valence-electron chi connectivity index (χ2n) is 12.8. The molecule has 2 aromatic carbocycles. The maximum Gasteiger partial charge on any atom is 0.229 e. The minimum Gasteiger partial charge on any atom is -0.494 e. The molecule has 0 unspecified atom stereocenters. The Hall–Kier alpha value is -3.31. The first-order valence-electron chi connectivity index (χ1n) is 16.4. The van der Waals surface area contributed by atoms with Crippen molar-refractivity contribution in [3.05, 3.63) is 52.9 Å². The number of benzene rings is 2. The first-order valence-corrected chi connectivity index (χ1v) is 19.8. The molecular weight excluding hydrogens is 677 g/mol. The maximum atomic E-state index is 13.4. The Morgan fingerprint density at radius 3 is 2.51 bits per heavy atom. The van der Waals surface area contributed by atoms with Crippen molar-refractivity contribution in [2.24, 2.45) is 0 Å². The molecule has 2 saturated heterocycles. The molecule has 2 N–H and O–H groups in total. The lowest BCUT2D eigenvalue weighted by Gasteiger charge is -2.40. The fourth-order valence-corrected chi connectivity index (χ4v) is 8.48. The smallest absolute Gasteiger partial charge is 0.229 e. The maximum absolute atomic E-state index is 13.4. The molecule has 0 amide bonds. The normalized spacial score (nSPS) is 17.1. The Bertz CT molecular complexity index is 1780. The summed E-state index contributed by atoms with van der Waals surface area (Å²) in [6, 6.07) is 8.71. The second-order valence-corrected chi connectivity index (χ2v) is 16.8. The number of halogens is 1. The summed E-state index contributed by atoms with van der Waals surface area (Å²) in [4.78, 5) is 25.9. The van der Waals surface area contributed by atoms with Gasteiger partial charge in [0.2, 0.25) is 5.95 Å².